The minimum Gasteiger partial charge on any atom is -0.480 e. The van der Waals surface area contributed by atoms with Crippen molar-refractivity contribution >= 4 is 17.7 Å². The fourth-order valence-corrected chi connectivity index (χ4v) is 1.24. The molecular formula is C10H13N3O3. The Hall–Kier alpha value is -2.11. The fraction of sp³-hybridized carbons (Fsp3) is 0.300. The zero-order chi connectivity index (χ0) is 12.1. The second-order valence-corrected chi connectivity index (χ2v) is 3.18. The topological polar surface area (TPSA) is 96.5 Å². The Labute approximate surface area is 92.7 Å². The van der Waals surface area contributed by atoms with Gasteiger partial charge in [0.05, 0.1) is 5.56 Å². The van der Waals surface area contributed by atoms with Crippen molar-refractivity contribution in [2.24, 2.45) is 5.73 Å². The zero-order valence-electron chi connectivity index (χ0n) is 8.88. The highest BCUT2D eigenvalue weighted by Gasteiger charge is 2.10. The number of hydrogen-bond acceptors (Lipinski definition) is 4. The summed E-state index contributed by atoms with van der Waals surface area (Å²) in [5.74, 6) is -0.974. The largest absolute Gasteiger partial charge is 0.480 e. The van der Waals surface area contributed by atoms with Crippen LogP contribution in [0.25, 0.3) is 0 Å². The van der Waals surface area contributed by atoms with E-state index in [9.17, 15) is 9.59 Å². The van der Waals surface area contributed by atoms with Crippen LogP contribution in [0.2, 0.25) is 0 Å². The van der Waals surface area contributed by atoms with Crippen LogP contribution in [-0.2, 0) is 4.79 Å². The first-order valence-corrected chi connectivity index (χ1v) is 4.77. The lowest BCUT2D eigenvalue weighted by molar-refractivity contribution is -0.135. The van der Waals surface area contributed by atoms with E-state index < -0.39 is 11.9 Å². The molecule has 1 aromatic heterocycles. The Kier molecular flexibility index (Phi) is 3.82. The lowest BCUT2D eigenvalue weighted by Gasteiger charge is -2.19. The van der Waals surface area contributed by atoms with E-state index in [1.807, 2.05) is 6.92 Å². The number of primary amides is 1. The molecule has 0 aliphatic rings. The lowest BCUT2D eigenvalue weighted by atomic mass is 10.2. The summed E-state index contributed by atoms with van der Waals surface area (Å²) in [6, 6.07) is 3.10. The number of rotatable bonds is 5. The molecule has 0 aliphatic carbocycles. The number of nitrogens with two attached hydrogens (primary N) is 1. The number of anilines is 1. The molecule has 1 amide bonds. The van der Waals surface area contributed by atoms with E-state index in [0.717, 1.165) is 0 Å². The second kappa shape index (κ2) is 5.11. The number of carbonyl (C=O) groups excluding carboxylic acids is 1. The van der Waals surface area contributed by atoms with Gasteiger partial charge in [0.25, 0.3) is 0 Å². The first-order valence-electron chi connectivity index (χ1n) is 4.77. The smallest absolute Gasteiger partial charge is 0.323 e. The monoisotopic (exact) mass is 223 g/mol. The summed E-state index contributed by atoms with van der Waals surface area (Å²) in [6.07, 6.45) is 1.34. The van der Waals surface area contributed by atoms with Gasteiger partial charge >= 0.3 is 5.97 Å². The summed E-state index contributed by atoms with van der Waals surface area (Å²) < 4.78 is 0. The second-order valence-electron chi connectivity index (χ2n) is 3.18. The van der Waals surface area contributed by atoms with E-state index in [1.54, 1.807) is 11.0 Å². The van der Waals surface area contributed by atoms with Crippen molar-refractivity contribution in [1.29, 1.82) is 0 Å². The number of aliphatic carboxylic acids is 1. The average Bonchev–Trinajstić information content (AvgIpc) is 2.25. The maximum atomic E-state index is 10.8. The van der Waals surface area contributed by atoms with Gasteiger partial charge in [0, 0.05) is 12.7 Å². The van der Waals surface area contributed by atoms with Gasteiger partial charge in [-0.3, -0.25) is 9.59 Å². The molecule has 0 aliphatic heterocycles. The Morgan fingerprint density at radius 2 is 2.19 bits per heavy atom. The van der Waals surface area contributed by atoms with Crippen molar-refractivity contribution in [3.05, 3.63) is 23.9 Å². The predicted octanol–water partition coefficient (Wildman–Crippen LogP) is 0.0914. The Balaban J connectivity index is 2.86. The van der Waals surface area contributed by atoms with Crippen LogP contribution in [0, 0.1) is 0 Å². The van der Waals surface area contributed by atoms with Gasteiger partial charge in [0.2, 0.25) is 5.91 Å². The molecule has 1 heterocycles. The van der Waals surface area contributed by atoms with Crippen molar-refractivity contribution in [1.82, 2.24) is 4.98 Å². The minimum absolute atomic E-state index is 0.126. The molecule has 0 spiro atoms. The van der Waals surface area contributed by atoms with Gasteiger partial charge < -0.3 is 15.7 Å². The van der Waals surface area contributed by atoms with Crippen LogP contribution >= 0.6 is 0 Å². The quantitative estimate of drug-likeness (QED) is 0.737. The normalized spacial score (nSPS) is 9.81. The van der Waals surface area contributed by atoms with Gasteiger partial charge in [-0.25, -0.2) is 4.98 Å². The zero-order valence-corrected chi connectivity index (χ0v) is 8.88. The van der Waals surface area contributed by atoms with Gasteiger partial charge in [-0.1, -0.05) is 0 Å². The molecule has 0 saturated carbocycles. The highest BCUT2D eigenvalue weighted by molar-refractivity contribution is 5.92. The maximum absolute atomic E-state index is 10.8. The molecule has 0 saturated heterocycles. The summed E-state index contributed by atoms with van der Waals surface area (Å²) in [5.41, 5.74) is 5.37. The molecular weight excluding hydrogens is 210 g/mol. The van der Waals surface area contributed by atoms with E-state index in [1.165, 1.54) is 12.3 Å². The summed E-state index contributed by atoms with van der Waals surface area (Å²) in [4.78, 5) is 26.9. The molecule has 0 aromatic carbocycles. The standard InChI is InChI=1S/C10H13N3O3/c1-2-13(6-9(14)15)8-4-3-7(5-12-8)10(11)16/h3-5H,2,6H2,1H3,(H2,11,16)(H,14,15). The number of carboxylic acids is 1. The van der Waals surface area contributed by atoms with E-state index in [4.69, 9.17) is 10.8 Å². The van der Waals surface area contributed by atoms with E-state index in [-0.39, 0.29) is 6.54 Å². The lowest BCUT2D eigenvalue weighted by Crippen LogP contribution is -2.30. The minimum atomic E-state index is -0.928. The van der Waals surface area contributed by atoms with Crippen molar-refractivity contribution in [2.45, 2.75) is 6.92 Å². The number of carbonyl (C=O) groups is 2. The van der Waals surface area contributed by atoms with Gasteiger partial charge in [-0.2, -0.15) is 0 Å². The number of carboxylic acid groups (broad SMARTS) is 1. The number of aromatic nitrogens is 1. The number of likely N-dealkylation sites (N-methyl/N-ethyl adjacent to an activating group) is 1. The summed E-state index contributed by atoms with van der Waals surface area (Å²) >= 11 is 0. The van der Waals surface area contributed by atoms with Crippen LogP contribution in [0.5, 0.6) is 0 Å². The third-order valence-corrected chi connectivity index (χ3v) is 2.06. The van der Waals surface area contributed by atoms with Crippen LogP contribution in [0.4, 0.5) is 5.82 Å². The molecule has 16 heavy (non-hydrogen) atoms. The van der Waals surface area contributed by atoms with Gasteiger partial charge in [0.15, 0.2) is 0 Å². The molecule has 1 rings (SSSR count). The number of amides is 1. The first kappa shape index (κ1) is 12.0. The molecule has 6 nitrogen and oxygen atoms in total. The van der Waals surface area contributed by atoms with Crippen molar-refractivity contribution in [3.8, 4) is 0 Å². The highest BCUT2D eigenvalue weighted by Crippen LogP contribution is 2.10. The molecule has 0 radical (unpaired) electrons. The average molecular weight is 223 g/mol. The number of nitrogens with zero attached hydrogens (tertiary/aromatic N) is 2. The molecule has 3 N–H and O–H groups in total. The van der Waals surface area contributed by atoms with Gasteiger partial charge in [0.1, 0.15) is 12.4 Å². The third kappa shape index (κ3) is 2.94. The van der Waals surface area contributed by atoms with E-state index in [0.29, 0.717) is 17.9 Å². The molecule has 0 atom stereocenters. The van der Waals surface area contributed by atoms with Crippen LogP contribution in [0.1, 0.15) is 17.3 Å². The maximum Gasteiger partial charge on any atom is 0.323 e. The van der Waals surface area contributed by atoms with E-state index >= 15 is 0 Å². The van der Waals surface area contributed by atoms with Crippen LogP contribution in [-0.4, -0.2) is 35.1 Å². The van der Waals surface area contributed by atoms with Crippen LogP contribution < -0.4 is 10.6 Å². The highest BCUT2D eigenvalue weighted by atomic mass is 16.4. The fourth-order valence-electron chi connectivity index (χ4n) is 1.24. The number of hydrogen-bond donors (Lipinski definition) is 2. The Morgan fingerprint density at radius 1 is 1.50 bits per heavy atom. The Bertz CT molecular complexity index is 389. The van der Waals surface area contributed by atoms with E-state index in [2.05, 4.69) is 4.98 Å². The number of pyridine rings is 1. The van der Waals surface area contributed by atoms with Crippen LogP contribution in [0.15, 0.2) is 18.3 Å². The Morgan fingerprint density at radius 3 is 2.56 bits per heavy atom. The molecule has 0 fully saturated rings. The van der Waals surface area contributed by atoms with Crippen molar-refractivity contribution < 1.29 is 14.7 Å². The van der Waals surface area contributed by atoms with Gasteiger partial charge in [-0.15, -0.1) is 0 Å². The first-order chi connectivity index (χ1) is 7.54. The van der Waals surface area contributed by atoms with Crippen molar-refractivity contribution in [2.75, 3.05) is 18.0 Å². The summed E-state index contributed by atoms with van der Waals surface area (Å²) in [5, 5.41) is 8.68. The van der Waals surface area contributed by atoms with Crippen molar-refractivity contribution in [3.63, 3.8) is 0 Å². The third-order valence-electron chi connectivity index (χ3n) is 2.06. The molecule has 86 valence electrons. The predicted molar refractivity (Wildman–Crippen MR) is 58.3 cm³/mol. The summed E-state index contributed by atoms with van der Waals surface area (Å²) in [6.45, 7) is 2.22. The molecule has 0 unspecified atom stereocenters. The summed E-state index contributed by atoms with van der Waals surface area (Å²) in [7, 11) is 0. The van der Waals surface area contributed by atoms with Crippen LogP contribution in [0.3, 0.4) is 0 Å². The molecule has 6 heteroatoms. The molecule has 0 bridgehead atoms. The molecule has 1 aromatic rings. The van der Waals surface area contributed by atoms with Gasteiger partial charge in [-0.05, 0) is 19.1 Å². The SMILES string of the molecule is CCN(CC(=O)O)c1ccc(C(N)=O)cn1.